The van der Waals surface area contributed by atoms with Crippen molar-refractivity contribution in [2.45, 2.75) is 44.7 Å². The second-order valence-corrected chi connectivity index (χ2v) is 7.55. The van der Waals surface area contributed by atoms with Crippen LogP contribution in [0.2, 0.25) is 0 Å². The van der Waals surface area contributed by atoms with Gasteiger partial charge in [-0.2, -0.15) is 17.4 Å². The Hall–Kier alpha value is -1.11. The van der Waals surface area contributed by atoms with Crippen LogP contribution in [0.25, 0.3) is 0 Å². The SMILES string of the molecule is CC1CCCCN1S(=O)(=O)NC1COc2ccccc2C1. The van der Waals surface area contributed by atoms with Gasteiger partial charge in [0.1, 0.15) is 12.4 Å². The monoisotopic (exact) mass is 310 g/mol. The Morgan fingerprint density at radius 1 is 1.29 bits per heavy atom. The lowest BCUT2D eigenvalue weighted by Crippen LogP contribution is -2.53. The predicted molar refractivity (Wildman–Crippen MR) is 81.5 cm³/mol. The minimum atomic E-state index is -3.43. The zero-order chi connectivity index (χ0) is 14.9. The van der Waals surface area contributed by atoms with E-state index in [1.54, 1.807) is 4.31 Å². The average Bonchev–Trinajstić information content (AvgIpc) is 2.47. The van der Waals surface area contributed by atoms with Crippen molar-refractivity contribution < 1.29 is 13.2 Å². The first kappa shape index (κ1) is 14.8. The summed E-state index contributed by atoms with van der Waals surface area (Å²) < 4.78 is 35.1. The highest BCUT2D eigenvalue weighted by atomic mass is 32.2. The second kappa shape index (κ2) is 5.94. The van der Waals surface area contributed by atoms with Crippen molar-refractivity contribution in [3.05, 3.63) is 29.8 Å². The van der Waals surface area contributed by atoms with Gasteiger partial charge in [-0.15, -0.1) is 0 Å². The molecule has 0 bridgehead atoms. The molecule has 2 aliphatic rings. The highest BCUT2D eigenvalue weighted by molar-refractivity contribution is 7.87. The molecule has 0 saturated carbocycles. The Bertz CT molecular complexity index is 603. The Kier molecular flexibility index (Phi) is 4.19. The van der Waals surface area contributed by atoms with E-state index in [1.807, 2.05) is 31.2 Å². The summed E-state index contributed by atoms with van der Waals surface area (Å²) in [6.07, 6.45) is 3.66. The van der Waals surface area contributed by atoms with Crippen molar-refractivity contribution in [3.8, 4) is 5.75 Å². The second-order valence-electron chi connectivity index (χ2n) is 5.90. The molecule has 2 heterocycles. The van der Waals surface area contributed by atoms with Crippen molar-refractivity contribution in [2.75, 3.05) is 13.2 Å². The van der Waals surface area contributed by atoms with Crippen LogP contribution in [0.5, 0.6) is 5.75 Å². The number of piperidine rings is 1. The summed E-state index contributed by atoms with van der Waals surface area (Å²) in [5, 5.41) is 0. The van der Waals surface area contributed by atoms with Gasteiger partial charge in [0.2, 0.25) is 0 Å². The number of rotatable bonds is 3. The lowest BCUT2D eigenvalue weighted by atomic mass is 10.0. The molecular weight excluding hydrogens is 288 g/mol. The molecule has 0 spiro atoms. The number of hydrogen-bond acceptors (Lipinski definition) is 3. The molecular formula is C15H22N2O3S. The zero-order valence-corrected chi connectivity index (χ0v) is 13.1. The first-order chi connectivity index (χ1) is 10.1. The fourth-order valence-electron chi connectivity index (χ4n) is 3.11. The molecule has 2 atom stereocenters. The number of para-hydroxylation sites is 1. The van der Waals surface area contributed by atoms with E-state index in [1.165, 1.54) is 0 Å². The van der Waals surface area contributed by atoms with Crippen LogP contribution in [0.3, 0.4) is 0 Å². The summed E-state index contributed by atoms with van der Waals surface area (Å²) in [6, 6.07) is 7.67. The van der Waals surface area contributed by atoms with Gasteiger partial charge in [0.05, 0.1) is 6.04 Å². The Morgan fingerprint density at radius 3 is 2.90 bits per heavy atom. The molecule has 0 aliphatic carbocycles. The van der Waals surface area contributed by atoms with Crippen LogP contribution in [0.1, 0.15) is 31.7 Å². The maximum Gasteiger partial charge on any atom is 0.280 e. The first-order valence-corrected chi connectivity index (χ1v) is 9.00. The first-order valence-electron chi connectivity index (χ1n) is 7.56. The quantitative estimate of drug-likeness (QED) is 0.924. The molecule has 6 heteroatoms. The normalized spacial score (nSPS) is 26.9. The molecule has 1 aromatic rings. The van der Waals surface area contributed by atoms with Crippen LogP contribution < -0.4 is 9.46 Å². The third kappa shape index (κ3) is 3.22. The van der Waals surface area contributed by atoms with Crippen molar-refractivity contribution in [1.29, 1.82) is 0 Å². The number of ether oxygens (including phenoxy) is 1. The third-order valence-corrected chi connectivity index (χ3v) is 6.04. The minimum absolute atomic E-state index is 0.0769. The van der Waals surface area contributed by atoms with Gasteiger partial charge < -0.3 is 4.74 Å². The van der Waals surface area contributed by atoms with Crippen molar-refractivity contribution in [2.24, 2.45) is 0 Å². The molecule has 1 N–H and O–H groups in total. The lowest BCUT2D eigenvalue weighted by Gasteiger charge is -2.34. The van der Waals surface area contributed by atoms with E-state index in [4.69, 9.17) is 4.74 Å². The van der Waals surface area contributed by atoms with Gasteiger partial charge in [0.25, 0.3) is 10.2 Å². The topological polar surface area (TPSA) is 58.6 Å². The highest BCUT2D eigenvalue weighted by Gasteiger charge is 2.32. The molecule has 0 radical (unpaired) electrons. The zero-order valence-electron chi connectivity index (χ0n) is 12.3. The van der Waals surface area contributed by atoms with E-state index in [2.05, 4.69) is 4.72 Å². The van der Waals surface area contributed by atoms with Crippen LogP contribution in [-0.4, -0.2) is 38.0 Å². The van der Waals surface area contributed by atoms with E-state index in [9.17, 15) is 8.42 Å². The summed E-state index contributed by atoms with van der Waals surface area (Å²) >= 11 is 0. The molecule has 0 aromatic heterocycles. The van der Waals surface area contributed by atoms with Gasteiger partial charge in [0.15, 0.2) is 0 Å². The lowest BCUT2D eigenvalue weighted by molar-refractivity contribution is 0.238. The fourth-order valence-corrected chi connectivity index (χ4v) is 4.77. The number of benzene rings is 1. The molecule has 0 amide bonds. The molecule has 5 nitrogen and oxygen atoms in total. The van der Waals surface area contributed by atoms with Gasteiger partial charge in [0, 0.05) is 12.6 Å². The smallest absolute Gasteiger partial charge is 0.280 e. The Morgan fingerprint density at radius 2 is 2.10 bits per heavy atom. The molecule has 3 rings (SSSR count). The molecule has 1 fully saturated rings. The summed E-state index contributed by atoms with van der Waals surface area (Å²) in [6.45, 7) is 2.98. The van der Waals surface area contributed by atoms with Gasteiger partial charge in [-0.1, -0.05) is 24.6 Å². The third-order valence-electron chi connectivity index (χ3n) is 4.25. The fraction of sp³-hybridized carbons (Fsp3) is 0.600. The van der Waals surface area contributed by atoms with Gasteiger partial charge in [-0.25, -0.2) is 0 Å². The largest absolute Gasteiger partial charge is 0.492 e. The highest BCUT2D eigenvalue weighted by Crippen LogP contribution is 2.25. The van der Waals surface area contributed by atoms with E-state index >= 15 is 0 Å². The molecule has 1 aromatic carbocycles. The number of nitrogens with one attached hydrogen (secondary N) is 1. The molecule has 2 aliphatic heterocycles. The van der Waals surface area contributed by atoms with Crippen molar-refractivity contribution in [1.82, 2.24) is 9.03 Å². The maximum absolute atomic E-state index is 12.5. The predicted octanol–water partition coefficient (Wildman–Crippen LogP) is 1.70. The van der Waals surface area contributed by atoms with E-state index in [0.29, 0.717) is 19.6 Å². The van der Waals surface area contributed by atoms with Crippen LogP contribution >= 0.6 is 0 Å². The van der Waals surface area contributed by atoms with E-state index in [0.717, 1.165) is 30.6 Å². The van der Waals surface area contributed by atoms with Crippen LogP contribution in [-0.2, 0) is 16.6 Å². The Balaban J connectivity index is 1.69. The summed E-state index contributed by atoms with van der Waals surface area (Å²) in [7, 11) is -3.43. The van der Waals surface area contributed by atoms with Gasteiger partial charge >= 0.3 is 0 Å². The van der Waals surface area contributed by atoms with Gasteiger partial charge in [-0.3, -0.25) is 0 Å². The van der Waals surface area contributed by atoms with Crippen LogP contribution in [0, 0.1) is 0 Å². The maximum atomic E-state index is 12.5. The summed E-state index contributed by atoms with van der Waals surface area (Å²) in [5.41, 5.74) is 1.06. The Labute approximate surface area is 126 Å². The summed E-state index contributed by atoms with van der Waals surface area (Å²) in [5.74, 6) is 0.860. The minimum Gasteiger partial charge on any atom is -0.492 e. The average molecular weight is 310 g/mol. The standard InChI is InChI=1S/C15H22N2O3S/c1-12-6-4-5-9-17(12)21(18,19)16-14-10-13-7-2-3-8-15(13)20-11-14/h2-3,7-8,12,14,16H,4-6,9-11H2,1H3. The van der Waals surface area contributed by atoms with Gasteiger partial charge in [-0.05, 0) is 37.8 Å². The van der Waals surface area contributed by atoms with E-state index in [-0.39, 0.29) is 12.1 Å². The molecule has 1 saturated heterocycles. The summed E-state index contributed by atoms with van der Waals surface area (Å²) in [4.78, 5) is 0. The number of hydrogen-bond donors (Lipinski definition) is 1. The molecule has 21 heavy (non-hydrogen) atoms. The van der Waals surface area contributed by atoms with Crippen LogP contribution in [0.4, 0.5) is 0 Å². The van der Waals surface area contributed by atoms with Crippen LogP contribution in [0.15, 0.2) is 24.3 Å². The molecule has 116 valence electrons. The van der Waals surface area contributed by atoms with Crippen molar-refractivity contribution >= 4 is 10.2 Å². The number of fused-ring (bicyclic) bond motifs is 1. The van der Waals surface area contributed by atoms with E-state index < -0.39 is 10.2 Å². The number of nitrogens with zero attached hydrogens (tertiary/aromatic N) is 1. The van der Waals surface area contributed by atoms with Crippen molar-refractivity contribution in [3.63, 3.8) is 0 Å². The molecule has 2 unspecified atom stereocenters.